The van der Waals surface area contributed by atoms with Gasteiger partial charge in [0.25, 0.3) is 0 Å². The van der Waals surface area contributed by atoms with Crippen molar-refractivity contribution < 1.29 is 9.53 Å². The van der Waals surface area contributed by atoms with E-state index in [4.69, 9.17) is 4.74 Å². The van der Waals surface area contributed by atoms with E-state index in [-0.39, 0.29) is 5.97 Å². The van der Waals surface area contributed by atoms with Crippen LogP contribution in [0.3, 0.4) is 0 Å². The second-order valence-corrected chi connectivity index (χ2v) is 6.44. The third kappa shape index (κ3) is 3.22. The minimum Gasteiger partial charge on any atom is -0.404 e. The number of aryl methyl sites for hydroxylation is 2. The zero-order chi connectivity index (χ0) is 18.8. The normalized spacial score (nSPS) is 10.9. The molecule has 0 aliphatic rings. The van der Waals surface area contributed by atoms with E-state index in [0.29, 0.717) is 11.4 Å². The van der Waals surface area contributed by atoms with Gasteiger partial charge in [0, 0.05) is 6.07 Å². The van der Waals surface area contributed by atoms with Crippen LogP contribution in [0.15, 0.2) is 72.8 Å². The molecule has 4 nitrogen and oxygen atoms in total. The quantitative estimate of drug-likeness (QED) is 0.477. The van der Waals surface area contributed by atoms with E-state index in [1.807, 2.05) is 80.6 Å². The molecule has 0 radical (unpaired) electrons. The van der Waals surface area contributed by atoms with Crippen molar-refractivity contribution in [3.8, 4) is 11.6 Å². The van der Waals surface area contributed by atoms with Crippen molar-refractivity contribution in [3.63, 3.8) is 0 Å². The molecule has 0 spiro atoms. The van der Waals surface area contributed by atoms with Crippen LogP contribution in [0.25, 0.3) is 16.5 Å². The van der Waals surface area contributed by atoms with Gasteiger partial charge in [-0.15, -0.1) is 0 Å². The largest absolute Gasteiger partial charge is 0.404 e. The van der Waals surface area contributed by atoms with Crippen molar-refractivity contribution in [2.75, 3.05) is 0 Å². The number of rotatable bonds is 4. The van der Waals surface area contributed by atoms with Gasteiger partial charge in [0.05, 0.1) is 16.9 Å². The van der Waals surface area contributed by atoms with Gasteiger partial charge in [-0.3, -0.25) is 0 Å². The fourth-order valence-corrected chi connectivity index (χ4v) is 3.18. The molecule has 1 heterocycles. The fourth-order valence-electron chi connectivity index (χ4n) is 3.18. The summed E-state index contributed by atoms with van der Waals surface area (Å²) in [5.74, 6) is 0.0447. The molecule has 27 heavy (non-hydrogen) atoms. The molecule has 0 amide bonds. The maximum absolute atomic E-state index is 12.9. The molecule has 0 fully saturated rings. The van der Waals surface area contributed by atoms with Crippen LogP contribution in [0, 0.1) is 6.92 Å². The van der Waals surface area contributed by atoms with Crippen LogP contribution < -0.4 is 4.74 Å². The topological polar surface area (TPSA) is 44.1 Å². The number of hydrogen-bond acceptors (Lipinski definition) is 3. The predicted octanol–water partition coefficient (Wildman–Crippen LogP) is 5.12. The number of carbonyl (C=O) groups excluding carboxylic acids is 1. The molecule has 4 aromatic rings. The van der Waals surface area contributed by atoms with E-state index in [1.54, 1.807) is 10.7 Å². The first kappa shape index (κ1) is 17.0. The summed E-state index contributed by atoms with van der Waals surface area (Å²) in [5, 5.41) is 6.49. The van der Waals surface area contributed by atoms with Gasteiger partial charge in [0.1, 0.15) is 0 Å². The predicted molar refractivity (Wildman–Crippen MR) is 107 cm³/mol. The highest BCUT2D eigenvalue weighted by Gasteiger charge is 2.18. The Morgan fingerprint density at radius 1 is 1.00 bits per heavy atom. The number of hydrogen-bond donors (Lipinski definition) is 0. The average Bonchev–Trinajstić information content (AvgIpc) is 3.10. The summed E-state index contributed by atoms with van der Waals surface area (Å²) in [7, 11) is 0. The molecule has 1 aromatic heterocycles. The van der Waals surface area contributed by atoms with Crippen molar-refractivity contribution in [3.05, 3.63) is 89.6 Å². The first-order valence-corrected chi connectivity index (χ1v) is 9.02. The van der Waals surface area contributed by atoms with Crippen LogP contribution in [0.4, 0.5) is 0 Å². The third-order valence-corrected chi connectivity index (χ3v) is 4.64. The first-order valence-electron chi connectivity index (χ1n) is 9.02. The van der Waals surface area contributed by atoms with E-state index >= 15 is 0 Å². The summed E-state index contributed by atoms with van der Waals surface area (Å²) in [5.41, 5.74) is 3.38. The molecule has 0 saturated heterocycles. The van der Waals surface area contributed by atoms with E-state index in [0.717, 1.165) is 34.1 Å². The highest BCUT2D eigenvalue weighted by molar-refractivity contribution is 6.05. The van der Waals surface area contributed by atoms with Crippen molar-refractivity contribution in [1.29, 1.82) is 0 Å². The first-order chi connectivity index (χ1) is 13.2. The Kier molecular flexibility index (Phi) is 4.47. The van der Waals surface area contributed by atoms with Gasteiger partial charge < -0.3 is 4.74 Å². The molecule has 134 valence electrons. The van der Waals surface area contributed by atoms with Crippen LogP contribution >= 0.6 is 0 Å². The highest BCUT2D eigenvalue weighted by Crippen LogP contribution is 2.25. The summed E-state index contributed by atoms with van der Waals surface area (Å²) in [4.78, 5) is 12.9. The Bertz CT molecular complexity index is 1120. The van der Waals surface area contributed by atoms with E-state index in [9.17, 15) is 4.79 Å². The van der Waals surface area contributed by atoms with Gasteiger partial charge in [0.2, 0.25) is 5.88 Å². The minimum absolute atomic E-state index is 0.385. The van der Waals surface area contributed by atoms with Crippen molar-refractivity contribution >= 4 is 16.7 Å². The molecule has 0 aliphatic heterocycles. The number of esters is 1. The summed E-state index contributed by atoms with van der Waals surface area (Å²) >= 11 is 0. The van der Waals surface area contributed by atoms with Crippen LogP contribution in [-0.4, -0.2) is 15.7 Å². The Morgan fingerprint density at radius 2 is 1.74 bits per heavy atom. The highest BCUT2D eigenvalue weighted by atomic mass is 16.5. The van der Waals surface area contributed by atoms with Gasteiger partial charge >= 0.3 is 5.97 Å². The van der Waals surface area contributed by atoms with Crippen LogP contribution in [0.1, 0.15) is 28.5 Å². The van der Waals surface area contributed by atoms with Gasteiger partial charge in [-0.2, -0.15) is 5.10 Å². The van der Waals surface area contributed by atoms with Gasteiger partial charge in [0.15, 0.2) is 0 Å². The lowest BCUT2D eigenvalue weighted by atomic mass is 10.1. The monoisotopic (exact) mass is 356 g/mol. The van der Waals surface area contributed by atoms with Crippen molar-refractivity contribution in [2.24, 2.45) is 0 Å². The molecule has 0 aliphatic carbocycles. The van der Waals surface area contributed by atoms with Gasteiger partial charge in [-0.1, -0.05) is 61.5 Å². The van der Waals surface area contributed by atoms with Crippen molar-refractivity contribution in [1.82, 2.24) is 9.78 Å². The van der Waals surface area contributed by atoms with Gasteiger partial charge in [-0.25, -0.2) is 9.48 Å². The molecule has 4 rings (SSSR count). The molecule has 4 heteroatoms. The van der Waals surface area contributed by atoms with E-state index in [1.165, 1.54) is 0 Å². The molecule has 0 atom stereocenters. The smallest absolute Gasteiger partial charge is 0.345 e. The van der Waals surface area contributed by atoms with E-state index in [2.05, 4.69) is 5.10 Å². The van der Waals surface area contributed by atoms with Crippen LogP contribution in [0.5, 0.6) is 5.88 Å². The molecule has 3 aromatic carbocycles. The summed E-state index contributed by atoms with van der Waals surface area (Å²) in [6.07, 6.45) is 0.762. The Hall–Kier alpha value is -3.40. The Labute approximate surface area is 158 Å². The molecule has 0 bridgehead atoms. The maximum Gasteiger partial charge on any atom is 0.345 e. The lowest BCUT2D eigenvalue weighted by molar-refractivity contribution is 0.0725. The number of ether oxygens (including phenoxy) is 1. The molecular formula is C23H20N2O2. The standard InChI is InChI=1S/C23H20N2O2/c1-3-18-15-22(25(24-18)21-14-7-4-9-16(21)2)27-23(26)20-13-8-11-17-10-5-6-12-19(17)20/h4-15H,3H2,1-2H3. The van der Waals surface area contributed by atoms with Gasteiger partial charge in [-0.05, 0) is 41.8 Å². The lowest BCUT2D eigenvalue weighted by Gasteiger charge is -2.11. The molecule has 0 unspecified atom stereocenters. The zero-order valence-electron chi connectivity index (χ0n) is 15.3. The number of fused-ring (bicyclic) bond motifs is 1. The Morgan fingerprint density at radius 3 is 2.56 bits per heavy atom. The molecule has 0 saturated carbocycles. The second-order valence-electron chi connectivity index (χ2n) is 6.44. The summed E-state index contributed by atoms with van der Waals surface area (Å²) in [6.45, 7) is 4.04. The van der Waals surface area contributed by atoms with E-state index < -0.39 is 0 Å². The molecule has 0 N–H and O–H groups in total. The zero-order valence-corrected chi connectivity index (χ0v) is 15.3. The summed E-state index contributed by atoms with van der Waals surface area (Å²) < 4.78 is 7.50. The number of aromatic nitrogens is 2. The summed E-state index contributed by atoms with van der Waals surface area (Å²) in [6, 6.07) is 23.2. The lowest BCUT2D eigenvalue weighted by Crippen LogP contribution is -2.12. The Balaban J connectivity index is 1.75. The van der Waals surface area contributed by atoms with Crippen LogP contribution in [0.2, 0.25) is 0 Å². The average molecular weight is 356 g/mol. The number of benzene rings is 3. The number of nitrogens with zero attached hydrogens (tertiary/aromatic N) is 2. The SMILES string of the molecule is CCc1cc(OC(=O)c2cccc3ccccc23)n(-c2ccccc2C)n1. The second kappa shape index (κ2) is 7.08. The number of carbonyl (C=O) groups is 1. The maximum atomic E-state index is 12.9. The van der Waals surface area contributed by atoms with Crippen LogP contribution in [-0.2, 0) is 6.42 Å². The molecular weight excluding hydrogens is 336 g/mol. The number of para-hydroxylation sites is 1. The third-order valence-electron chi connectivity index (χ3n) is 4.64. The minimum atomic E-state index is -0.385. The van der Waals surface area contributed by atoms with Crippen molar-refractivity contribution in [2.45, 2.75) is 20.3 Å². The fraction of sp³-hybridized carbons (Fsp3) is 0.130.